The van der Waals surface area contributed by atoms with Crippen LogP contribution in [0.3, 0.4) is 0 Å². The summed E-state index contributed by atoms with van der Waals surface area (Å²) in [7, 11) is -3.29. The van der Waals surface area contributed by atoms with Crippen LogP contribution >= 0.6 is 0 Å². The number of nitrogens with zero attached hydrogens (tertiary/aromatic N) is 1. The molecule has 18 heavy (non-hydrogen) atoms. The summed E-state index contributed by atoms with van der Waals surface area (Å²) in [5.41, 5.74) is 0.720. The first-order chi connectivity index (χ1) is 8.47. The monoisotopic (exact) mass is 265 g/mol. The van der Waals surface area contributed by atoms with E-state index in [4.69, 9.17) is 0 Å². The Kier molecular flexibility index (Phi) is 3.15. The molecule has 1 amide bonds. The number of carbonyl (C=O) groups is 1. The molecule has 2 aromatic rings. The van der Waals surface area contributed by atoms with Crippen LogP contribution in [0, 0.1) is 0 Å². The molecule has 0 bridgehead atoms. The van der Waals surface area contributed by atoms with Crippen molar-refractivity contribution in [1.82, 2.24) is 9.97 Å². The second-order valence-corrected chi connectivity index (χ2v) is 5.74. The third-order valence-corrected chi connectivity index (χ3v) is 3.37. The molecule has 0 spiro atoms. The molecule has 0 fully saturated rings. The molecule has 1 heterocycles. The Morgan fingerprint density at radius 1 is 1.39 bits per heavy atom. The van der Waals surface area contributed by atoms with Crippen molar-refractivity contribution in [2.24, 2.45) is 0 Å². The van der Waals surface area contributed by atoms with Crippen LogP contribution < -0.4 is 5.32 Å². The van der Waals surface area contributed by atoms with Crippen LogP contribution in [0.4, 0.5) is 5.69 Å². The minimum Gasteiger partial charge on any atom is -0.341 e. The number of aromatic nitrogens is 2. The molecular weight excluding hydrogens is 254 g/mol. The summed E-state index contributed by atoms with van der Waals surface area (Å²) in [6.07, 6.45) is 3.89. The van der Waals surface area contributed by atoms with Crippen molar-refractivity contribution < 1.29 is 13.2 Å². The Hall–Kier alpha value is -2.15. The highest BCUT2D eigenvalue weighted by molar-refractivity contribution is 7.90. The maximum absolute atomic E-state index is 11.7. The van der Waals surface area contributed by atoms with Gasteiger partial charge in [-0.25, -0.2) is 13.4 Å². The number of anilines is 1. The third-order valence-electron chi connectivity index (χ3n) is 2.26. The lowest BCUT2D eigenvalue weighted by molar-refractivity contribution is 0.102. The van der Waals surface area contributed by atoms with E-state index in [2.05, 4.69) is 15.3 Å². The molecule has 0 radical (unpaired) electrons. The van der Waals surface area contributed by atoms with Crippen LogP contribution in [-0.2, 0) is 9.84 Å². The fourth-order valence-corrected chi connectivity index (χ4v) is 2.05. The Morgan fingerprint density at radius 2 is 2.17 bits per heavy atom. The number of aromatic amines is 1. The molecule has 0 saturated carbocycles. The zero-order valence-electron chi connectivity index (χ0n) is 9.54. The second-order valence-electron chi connectivity index (χ2n) is 3.72. The van der Waals surface area contributed by atoms with Crippen LogP contribution in [0.1, 0.15) is 10.5 Å². The summed E-state index contributed by atoms with van der Waals surface area (Å²) in [6, 6.07) is 6.06. The number of imidazole rings is 1. The van der Waals surface area contributed by atoms with E-state index in [1.807, 2.05) is 0 Å². The van der Waals surface area contributed by atoms with Crippen LogP contribution in [0.2, 0.25) is 0 Å². The van der Waals surface area contributed by atoms with E-state index in [1.165, 1.54) is 24.7 Å². The van der Waals surface area contributed by atoms with E-state index < -0.39 is 9.84 Å². The average molecular weight is 265 g/mol. The van der Waals surface area contributed by atoms with Gasteiger partial charge >= 0.3 is 0 Å². The van der Waals surface area contributed by atoms with Gasteiger partial charge in [-0.1, -0.05) is 6.07 Å². The predicted molar refractivity (Wildman–Crippen MR) is 66.1 cm³/mol. The van der Waals surface area contributed by atoms with E-state index in [0.717, 1.165) is 6.26 Å². The molecule has 0 unspecified atom stereocenters. The molecule has 6 nitrogen and oxygen atoms in total. The minimum atomic E-state index is -3.29. The quantitative estimate of drug-likeness (QED) is 0.868. The van der Waals surface area contributed by atoms with Crippen LogP contribution in [0.15, 0.2) is 41.7 Å². The van der Waals surface area contributed by atoms with Crippen molar-refractivity contribution in [3.8, 4) is 0 Å². The molecule has 0 aliphatic rings. The van der Waals surface area contributed by atoms with Gasteiger partial charge in [0.15, 0.2) is 9.84 Å². The Bertz CT molecular complexity index is 663. The van der Waals surface area contributed by atoms with Crippen molar-refractivity contribution in [3.63, 3.8) is 0 Å². The molecule has 7 heteroatoms. The van der Waals surface area contributed by atoms with Gasteiger partial charge in [-0.15, -0.1) is 0 Å². The maximum atomic E-state index is 11.7. The highest BCUT2D eigenvalue weighted by Crippen LogP contribution is 2.15. The highest BCUT2D eigenvalue weighted by atomic mass is 32.2. The maximum Gasteiger partial charge on any atom is 0.273 e. The zero-order chi connectivity index (χ0) is 13.2. The van der Waals surface area contributed by atoms with E-state index in [-0.39, 0.29) is 10.8 Å². The summed E-state index contributed by atoms with van der Waals surface area (Å²) in [6.45, 7) is 0. The van der Waals surface area contributed by atoms with Gasteiger partial charge in [-0.3, -0.25) is 4.79 Å². The number of hydrogen-bond donors (Lipinski definition) is 2. The first-order valence-corrected chi connectivity index (χ1v) is 6.96. The summed E-state index contributed by atoms with van der Waals surface area (Å²) >= 11 is 0. The first-order valence-electron chi connectivity index (χ1n) is 5.06. The molecule has 2 N–H and O–H groups in total. The second kappa shape index (κ2) is 4.61. The Labute approximate surface area is 104 Å². The van der Waals surface area contributed by atoms with Gasteiger partial charge in [-0.2, -0.15) is 0 Å². The van der Waals surface area contributed by atoms with Gasteiger partial charge < -0.3 is 10.3 Å². The Morgan fingerprint density at radius 3 is 2.78 bits per heavy atom. The average Bonchev–Trinajstić information content (AvgIpc) is 2.81. The van der Waals surface area contributed by atoms with Gasteiger partial charge in [0.1, 0.15) is 5.69 Å². The lowest BCUT2D eigenvalue weighted by Crippen LogP contribution is -2.12. The fourth-order valence-electron chi connectivity index (χ4n) is 1.38. The SMILES string of the molecule is CS(=O)(=O)c1cccc(NC(=O)c2cnc[nH]2)c1. The van der Waals surface area contributed by atoms with Gasteiger partial charge in [-0.05, 0) is 18.2 Å². The number of rotatable bonds is 3. The van der Waals surface area contributed by atoms with Gasteiger partial charge in [0.25, 0.3) is 5.91 Å². The van der Waals surface area contributed by atoms with Gasteiger partial charge in [0, 0.05) is 11.9 Å². The van der Waals surface area contributed by atoms with Gasteiger partial charge in [0.05, 0.1) is 17.4 Å². The van der Waals surface area contributed by atoms with E-state index >= 15 is 0 Å². The summed E-state index contributed by atoms with van der Waals surface area (Å²) in [4.78, 5) is 18.3. The van der Waals surface area contributed by atoms with E-state index in [0.29, 0.717) is 11.4 Å². The third kappa shape index (κ3) is 2.75. The number of sulfone groups is 1. The summed E-state index contributed by atoms with van der Waals surface area (Å²) in [5.74, 6) is -0.377. The summed E-state index contributed by atoms with van der Waals surface area (Å²) < 4.78 is 22.7. The van der Waals surface area contributed by atoms with Crippen molar-refractivity contribution >= 4 is 21.4 Å². The van der Waals surface area contributed by atoms with Crippen LogP contribution in [0.25, 0.3) is 0 Å². The van der Waals surface area contributed by atoms with E-state index in [1.54, 1.807) is 12.1 Å². The summed E-state index contributed by atoms with van der Waals surface area (Å²) in [5, 5.41) is 2.58. The number of benzene rings is 1. The van der Waals surface area contributed by atoms with Crippen molar-refractivity contribution in [3.05, 3.63) is 42.5 Å². The minimum absolute atomic E-state index is 0.157. The van der Waals surface area contributed by atoms with Crippen molar-refractivity contribution in [1.29, 1.82) is 0 Å². The fraction of sp³-hybridized carbons (Fsp3) is 0.0909. The number of H-pyrrole nitrogens is 1. The smallest absolute Gasteiger partial charge is 0.273 e. The topological polar surface area (TPSA) is 91.9 Å². The van der Waals surface area contributed by atoms with E-state index in [9.17, 15) is 13.2 Å². The normalized spacial score (nSPS) is 11.2. The molecular formula is C11H11N3O3S. The predicted octanol–water partition coefficient (Wildman–Crippen LogP) is 1.07. The highest BCUT2D eigenvalue weighted by Gasteiger charge is 2.10. The zero-order valence-corrected chi connectivity index (χ0v) is 10.4. The molecule has 0 aliphatic heterocycles. The van der Waals surface area contributed by atoms with Crippen LogP contribution in [0.5, 0.6) is 0 Å². The molecule has 1 aromatic heterocycles. The molecule has 0 saturated heterocycles. The molecule has 0 aliphatic carbocycles. The number of amides is 1. The lowest BCUT2D eigenvalue weighted by Gasteiger charge is -2.05. The number of nitrogens with one attached hydrogen (secondary N) is 2. The largest absolute Gasteiger partial charge is 0.341 e. The molecule has 2 rings (SSSR count). The molecule has 94 valence electrons. The lowest BCUT2D eigenvalue weighted by atomic mass is 10.3. The van der Waals surface area contributed by atoms with Crippen molar-refractivity contribution in [2.45, 2.75) is 4.90 Å². The number of hydrogen-bond acceptors (Lipinski definition) is 4. The first kappa shape index (κ1) is 12.3. The standard InChI is InChI=1S/C11H11N3O3S/c1-18(16,17)9-4-2-3-8(5-9)14-11(15)10-6-12-7-13-10/h2-7H,1H3,(H,12,13)(H,14,15). The van der Waals surface area contributed by atoms with Crippen LogP contribution in [-0.4, -0.2) is 30.5 Å². The molecule has 0 atom stereocenters. The van der Waals surface area contributed by atoms with Gasteiger partial charge in [0.2, 0.25) is 0 Å². The van der Waals surface area contributed by atoms with Crippen molar-refractivity contribution in [2.75, 3.05) is 11.6 Å². The number of carbonyl (C=O) groups excluding carboxylic acids is 1. The molecule has 1 aromatic carbocycles. The Balaban J connectivity index is 2.23.